The molecule has 0 spiro atoms. The van der Waals surface area contributed by atoms with Gasteiger partial charge in [-0.15, -0.1) is 0 Å². The first-order valence-electron chi connectivity index (χ1n) is 8.97. The van der Waals surface area contributed by atoms with E-state index in [1.165, 1.54) is 12.3 Å². The molecule has 0 bridgehead atoms. The van der Waals surface area contributed by atoms with Crippen molar-refractivity contribution in [3.8, 4) is 17.1 Å². The van der Waals surface area contributed by atoms with Crippen LogP contribution >= 0.6 is 11.6 Å². The van der Waals surface area contributed by atoms with Gasteiger partial charge in [0.25, 0.3) is 0 Å². The number of unbranched alkanes of at least 4 members (excludes halogenated alkanes) is 1. The molecule has 6 heteroatoms. The minimum Gasteiger partial charge on any atom is -0.506 e. The van der Waals surface area contributed by atoms with E-state index in [-0.39, 0.29) is 11.7 Å². The predicted octanol–water partition coefficient (Wildman–Crippen LogP) is 6.01. The number of hydrogen-bond donors (Lipinski definition) is 1. The minimum atomic E-state index is -0.347. The summed E-state index contributed by atoms with van der Waals surface area (Å²) in [6.07, 6.45) is 3.31. The largest absolute Gasteiger partial charge is 0.506 e. The van der Waals surface area contributed by atoms with E-state index >= 15 is 0 Å². The van der Waals surface area contributed by atoms with Gasteiger partial charge >= 0.3 is 5.97 Å². The summed E-state index contributed by atoms with van der Waals surface area (Å²) in [7, 11) is 0. The molecule has 144 valence electrons. The van der Waals surface area contributed by atoms with Crippen LogP contribution in [0.3, 0.4) is 0 Å². The first kappa shape index (κ1) is 19.7. The number of furan rings is 1. The molecule has 3 aromatic rings. The number of aliphatic imine (C=N–C) groups is 1. The van der Waals surface area contributed by atoms with Gasteiger partial charge in [0, 0.05) is 10.6 Å². The third kappa shape index (κ3) is 5.02. The highest BCUT2D eigenvalue weighted by Crippen LogP contribution is 2.29. The molecule has 5 nitrogen and oxygen atoms in total. The van der Waals surface area contributed by atoms with Crippen molar-refractivity contribution in [2.24, 2.45) is 4.99 Å². The summed E-state index contributed by atoms with van der Waals surface area (Å²) in [5, 5.41) is 10.3. The standard InChI is InChI=1S/C22H20ClNO4/c1-2-3-11-27-22(26)16-6-4-5-15(12-16)21-10-8-18(28-21)14-24-19-13-17(23)7-9-20(19)25/h4-10,12-14,25H,2-3,11H2,1H3. The summed E-state index contributed by atoms with van der Waals surface area (Å²) in [5.41, 5.74) is 1.58. The van der Waals surface area contributed by atoms with Crippen molar-refractivity contribution in [3.05, 3.63) is 70.9 Å². The maximum atomic E-state index is 12.1. The summed E-state index contributed by atoms with van der Waals surface area (Å²) in [6.45, 7) is 2.46. The van der Waals surface area contributed by atoms with Crippen LogP contribution in [0.25, 0.3) is 11.3 Å². The molecule has 0 saturated carbocycles. The number of halogens is 1. The number of hydrogen-bond acceptors (Lipinski definition) is 5. The average Bonchev–Trinajstić information content (AvgIpc) is 3.18. The molecule has 0 aliphatic heterocycles. The first-order chi connectivity index (χ1) is 13.6. The Labute approximate surface area is 168 Å². The van der Waals surface area contributed by atoms with Crippen molar-refractivity contribution in [3.63, 3.8) is 0 Å². The molecular weight excluding hydrogens is 378 g/mol. The molecule has 28 heavy (non-hydrogen) atoms. The zero-order valence-electron chi connectivity index (χ0n) is 15.4. The van der Waals surface area contributed by atoms with Crippen LogP contribution in [0, 0.1) is 0 Å². The fourth-order valence-corrected chi connectivity index (χ4v) is 2.67. The Bertz CT molecular complexity index is 994. The van der Waals surface area contributed by atoms with Crippen LogP contribution in [0.1, 0.15) is 35.9 Å². The van der Waals surface area contributed by atoms with Gasteiger partial charge in [0.15, 0.2) is 0 Å². The zero-order valence-corrected chi connectivity index (χ0v) is 16.1. The summed E-state index contributed by atoms with van der Waals surface area (Å²) in [6, 6.07) is 15.3. The van der Waals surface area contributed by atoms with Crippen LogP contribution in [0.15, 0.2) is 64.0 Å². The van der Waals surface area contributed by atoms with E-state index < -0.39 is 0 Å². The Morgan fingerprint density at radius 2 is 2.07 bits per heavy atom. The molecule has 0 aliphatic carbocycles. The van der Waals surface area contributed by atoms with E-state index in [9.17, 15) is 9.90 Å². The quantitative estimate of drug-likeness (QED) is 0.301. The van der Waals surface area contributed by atoms with Crippen LogP contribution in [0.2, 0.25) is 5.02 Å². The van der Waals surface area contributed by atoms with Crippen molar-refractivity contribution >= 4 is 29.5 Å². The van der Waals surface area contributed by atoms with Crippen molar-refractivity contribution in [2.45, 2.75) is 19.8 Å². The van der Waals surface area contributed by atoms with Crippen LogP contribution in [-0.2, 0) is 4.74 Å². The summed E-state index contributed by atoms with van der Waals surface area (Å²) in [5.74, 6) is 0.784. The highest BCUT2D eigenvalue weighted by Gasteiger charge is 2.10. The second-order valence-corrected chi connectivity index (χ2v) is 6.60. The third-order valence-electron chi connectivity index (χ3n) is 4.01. The minimum absolute atomic E-state index is 0.0294. The molecule has 1 N–H and O–H groups in total. The molecular formula is C22H20ClNO4. The van der Waals surface area contributed by atoms with E-state index in [1.54, 1.807) is 42.5 Å². The Hall–Kier alpha value is -3.05. The van der Waals surface area contributed by atoms with E-state index in [0.717, 1.165) is 18.4 Å². The number of benzene rings is 2. The van der Waals surface area contributed by atoms with Gasteiger partial charge in [-0.2, -0.15) is 0 Å². The molecule has 1 heterocycles. The van der Waals surface area contributed by atoms with Crippen LogP contribution in [-0.4, -0.2) is 23.9 Å². The fourth-order valence-electron chi connectivity index (χ4n) is 2.50. The smallest absolute Gasteiger partial charge is 0.338 e. The van der Waals surface area contributed by atoms with Crippen molar-refractivity contribution < 1.29 is 19.1 Å². The van der Waals surface area contributed by atoms with Crippen molar-refractivity contribution in [1.29, 1.82) is 0 Å². The summed E-state index contributed by atoms with van der Waals surface area (Å²) in [4.78, 5) is 16.3. The second kappa shape index (κ2) is 9.24. The van der Waals surface area contributed by atoms with Crippen molar-refractivity contribution in [2.75, 3.05) is 6.61 Å². The highest BCUT2D eigenvalue weighted by atomic mass is 35.5. The van der Waals surface area contributed by atoms with E-state index in [2.05, 4.69) is 4.99 Å². The van der Waals surface area contributed by atoms with Gasteiger partial charge in [-0.05, 0) is 48.9 Å². The molecule has 0 saturated heterocycles. The number of phenolic OH excluding ortho intramolecular Hbond substituents is 1. The number of carbonyl (C=O) groups excluding carboxylic acids is 1. The fraction of sp³-hybridized carbons (Fsp3) is 0.182. The lowest BCUT2D eigenvalue weighted by molar-refractivity contribution is 0.0500. The lowest BCUT2D eigenvalue weighted by Gasteiger charge is -2.05. The Balaban J connectivity index is 1.75. The molecule has 1 aromatic heterocycles. The molecule has 3 rings (SSSR count). The molecule has 0 aliphatic rings. The van der Waals surface area contributed by atoms with Gasteiger partial charge in [0.1, 0.15) is 23.0 Å². The lowest BCUT2D eigenvalue weighted by atomic mass is 10.1. The van der Waals surface area contributed by atoms with Crippen molar-refractivity contribution in [1.82, 2.24) is 0 Å². The molecule has 0 unspecified atom stereocenters. The van der Waals surface area contributed by atoms with E-state index in [1.807, 2.05) is 13.0 Å². The monoisotopic (exact) mass is 397 g/mol. The maximum Gasteiger partial charge on any atom is 0.338 e. The maximum absolute atomic E-state index is 12.1. The normalized spacial score (nSPS) is 11.1. The number of esters is 1. The van der Waals surface area contributed by atoms with Crippen LogP contribution in [0.5, 0.6) is 5.75 Å². The van der Waals surface area contributed by atoms with Gasteiger partial charge in [-0.1, -0.05) is 37.1 Å². The topological polar surface area (TPSA) is 72.0 Å². The van der Waals surface area contributed by atoms with Gasteiger partial charge in [-0.3, -0.25) is 0 Å². The number of ether oxygens (including phenoxy) is 1. The van der Waals surface area contributed by atoms with E-state index in [0.29, 0.717) is 34.4 Å². The number of rotatable bonds is 7. The lowest BCUT2D eigenvalue weighted by Crippen LogP contribution is -2.06. The Morgan fingerprint density at radius 1 is 1.21 bits per heavy atom. The van der Waals surface area contributed by atoms with Crippen LogP contribution < -0.4 is 0 Å². The van der Waals surface area contributed by atoms with Crippen LogP contribution in [0.4, 0.5) is 5.69 Å². The van der Waals surface area contributed by atoms with Gasteiger partial charge in [0.05, 0.1) is 18.4 Å². The molecule has 0 amide bonds. The molecule has 2 aromatic carbocycles. The zero-order chi connectivity index (χ0) is 19.9. The SMILES string of the molecule is CCCCOC(=O)c1cccc(-c2ccc(C=Nc3cc(Cl)ccc3O)o2)c1. The van der Waals surface area contributed by atoms with Gasteiger partial charge in [-0.25, -0.2) is 9.79 Å². The molecule has 0 fully saturated rings. The number of aromatic hydroxyl groups is 1. The number of phenols is 1. The number of nitrogens with zero attached hydrogens (tertiary/aromatic N) is 1. The second-order valence-electron chi connectivity index (χ2n) is 6.16. The molecule has 0 atom stereocenters. The number of carbonyl (C=O) groups is 1. The third-order valence-corrected chi connectivity index (χ3v) is 4.24. The van der Waals surface area contributed by atoms with E-state index in [4.69, 9.17) is 20.8 Å². The predicted molar refractivity (Wildman–Crippen MR) is 110 cm³/mol. The summed E-state index contributed by atoms with van der Waals surface area (Å²) >= 11 is 5.92. The average molecular weight is 398 g/mol. The van der Waals surface area contributed by atoms with Gasteiger partial charge < -0.3 is 14.3 Å². The highest BCUT2D eigenvalue weighted by molar-refractivity contribution is 6.30. The summed E-state index contributed by atoms with van der Waals surface area (Å²) < 4.78 is 11.0. The van der Waals surface area contributed by atoms with Gasteiger partial charge in [0.2, 0.25) is 0 Å². The Kier molecular flexibility index (Phi) is 6.50. The Morgan fingerprint density at radius 3 is 2.89 bits per heavy atom. The molecule has 0 radical (unpaired) electrons. The first-order valence-corrected chi connectivity index (χ1v) is 9.34.